The molecule has 0 saturated carbocycles. The number of rotatable bonds is 4. The molecule has 0 bridgehead atoms. The third-order valence-electron chi connectivity index (χ3n) is 2.20. The van der Waals surface area contributed by atoms with Crippen molar-refractivity contribution in [1.82, 2.24) is 0 Å². The highest BCUT2D eigenvalue weighted by atomic mass is 16.5. The van der Waals surface area contributed by atoms with Gasteiger partial charge in [-0.05, 0) is 12.1 Å². The zero-order valence-corrected chi connectivity index (χ0v) is 9.57. The first-order valence-electron chi connectivity index (χ1n) is 4.71. The molecular formula is C11H15NO4. The number of ether oxygens (including phenoxy) is 3. The predicted molar refractivity (Wildman–Crippen MR) is 58.8 cm³/mol. The van der Waals surface area contributed by atoms with Crippen molar-refractivity contribution in [3.05, 3.63) is 23.3 Å². The number of nitrogens with two attached hydrogens (primary N) is 1. The molecule has 0 fully saturated rings. The Bertz CT molecular complexity index is 365. The Morgan fingerprint density at radius 2 is 1.94 bits per heavy atom. The average Bonchev–Trinajstić information content (AvgIpc) is 2.35. The number of carbonyl (C=O) groups is 1. The molecule has 1 aromatic rings. The average molecular weight is 225 g/mol. The maximum atomic E-state index is 11.4. The Balaban J connectivity index is 3.31. The van der Waals surface area contributed by atoms with E-state index in [1.165, 1.54) is 21.3 Å². The molecule has 88 valence electrons. The van der Waals surface area contributed by atoms with E-state index in [-0.39, 0.29) is 6.54 Å². The van der Waals surface area contributed by atoms with Gasteiger partial charge in [-0.15, -0.1) is 0 Å². The van der Waals surface area contributed by atoms with Gasteiger partial charge in [-0.2, -0.15) is 0 Å². The largest absolute Gasteiger partial charge is 0.493 e. The fourth-order valence-corrected chi connectivity index (χ4v) is 1.43. The van der Waals surface area contributed by atoms with Gasteiger partial charge in [-0.1, -0.05) is 0 Å². The van der Waals surface area contributed by atoms with Crippen LogP contribution in [0, 0.1) is 0 Å². The molecule has 0 aliphatic carbocycles. The van der Waals surface area contributed by atoms with Crippen molar-refractivity contribution in [3.8, 4) is 11.5 Å². The van der Waals surface area contributed by atoms with Crippen LogP contribution in [0.3, 0.4) is 0 Å². The van der Waals surface area contributed by atoms with E-state index in [0.29, 0.717) is 22.6 Å². The van der Waals surface area contributed by atoms with Crippen LogP contribution in [0.2, 0.25) is 0 Å². The van der Waals surface area contributed by atoms with Crippen molar-refractivity contribution in [2.24, 2.45) is 5.73 Å². The lowest BCUT2D eigenvalue weighted by atomic mass is 10.1. The van der Waals surface area contributed by atoms with Crippen molar-refractivity contribution in [2.45, 2.75) is 6.54 Å². The molecular weight excluding hydrogens is 210 g/mol. The maximum Gasteiger partial charge on any atom is 0.337 e. The number of esters is 1. The molecule has 5 heteroatoms. The molecule has 5 nitrogen and oxygen atoms in total. The summed E-state index contributed by atoms with van der Waals surface area (Å²) in [5.74, 6) is 0.569. The number of carbonyl (C=O) groups excluding carboxylic acids is 1. The lowest BCUT2D eigenvalue weighted by molar-refractivity contribution is 0.0600. The summed E-state index contributed by atoms with van der Waals surface area (Å²) in [6.07, 6.45) is 0. The van der Waals surface area contributed by atoms with Crippen LogP contribution in [0.25, 0.3) is 0 Å². The first-order valence-corrected chi connectivity index (χ1v) is 4.71. The van der Waals surface area contributed by atoms with E-state index in [9.17, 15) is 4.79 Å². The van der Waals surface area contributed by atoms with Gasteiger partial charge in [0.25, 0.3) is 0 Å². The van der Waals surface area contributed by atoms with Crippen LogP contribution >= 0.6 is 0 Å². The Morgan fingerprint density at radius 1 is 1.25 bits per heavy atom. The standard InChI is InChI=1S/C11H15NO4/c1-14-9-5-7(11(13)16-3)4-8(6-12)10(9)15-2/h4-5H,6,12H2,1-3H3. The summed E-state index contributed by atoms with van der Waals surface area (Å²) in [6, 6.07) is 3.19. The lowest BCUT2D eigenvalue weighted by Crippen LogP contribution is -2.07. The van der Waals surface area contributed by atoms with E-state index < -0.39 is 5.97 Å². The minimum absolute atomic E-state index is 0.254. The van der Waals surface area contributed by atoms with E-state index in [4.69, 9.17) is 15.2 Å². The van der Waals surface area contributed by atoms with Crippen LogP contribution in [0.1, 0.15) is 15.9 Å². The highest BCUT2D eigenvalue weighted by molar-refractivity contribution is 5.90. The second kappa shape index (κ2) is 5.37. The van der Waals surface area contributed by atoms with Gasteiger partial charge in [-0.3, -0.25) is 0 Å². The minimum atomic E-state index is -0.435. The van der Waals surface area contributed by atoms with Crippen molar-refractivity contribution in [1.29, 1.82) is 0 Å². The Labute approximate surface area is 94.1 Å². The van der Waals surface area contributed by atoms with Gasteiger partial charge < -0.3 is 19.9 Å². The van der Waals surface area contributed by atoms with Gasteiger partial charge in [0.1, 0.15) is 0 Å². The van der Waals surface area contributed by atoms with Crippen molar-refractivity contribution in [3.63, 3.8) is 0 Å². The summed E-state index contributed by atoms with van der Waals surface area (Å²) in [5.41, 5.74) is 6.66. The number of benzene rings is 1. The molecule has 1 rings (SSSR count). The molecule has 0 saturated heterocycles. The highest BCUT2D eigenvalue weighted by Gasteiger charge is 2.15. The third kappa shape index (κ3) is 2.25. The summed E-state index contributed by atoms with van der Waals surface area (Å²) in [4.78, 5) is 11.4. The SMILES string of the molecule is COC(=O)c1cc(CN)c(OC)c(OC)c1. The molecule has 0 heterocycles. The maximum absolute atomic E-state index is 11.4. The molecule has 2 N–H and O–H groups in total. The predicted octanol–water partition coefficient (Wildman–Crippen LogP) is 0.949. The fraction of sp³-hybridized carbons (Fsp3) is 0.364. The molecule has 0 atom stereocenters. The van der Waals surface area contributed by atoms with Gasteiger partial charge in [0.15, 0.2) is 11.5 Å². The first kappa shape index (κ1) is 12.3. The third-order valence-corrected chi connectivity index (χ3v) is 2.20. The van der Waals surface area contributed by atoms with Gasteiger partial charge >= 0.3 is 5.97 Å². The second-order valence-electron chi connectivity index (χ2n) is 3.07. The zero-order valence-electron chi connectivity index (χ0n) is 9.57. The van der Waals surface area contributed by atoms with Gasteiger partial charge in [0.2, 0.25) is 0 Å². The number of hydrogen-bond donors (Lipinski definition) is 1. The van der Waals surface area contributed by atoms with Crippen molar-refractivity contribution >= 4 is 5.97 Å². The molecule has 0 unspecified atom stereocenters. The highest BCUT2D eigenvalue weighted by Crippen LogP contribution is 2.32. The minimum Gasteiger partial charge on any atom is -0.493 e. The number of methoxy groups -OCH3 is 3. The Hall–Kier alpha value is -1.75. The van der Waals surface area contributed by atoms with Gasteiger partial charge in [-0.25, -0.2) is 4.79 Å². The Kier molecular flexibility index (Phi) is 4.13. The molecule has 0 aromatic heterocycles. The van der Waals surface area contributed by atoms with E-state index in [1.54, 1.807) is 12.1 Å². The summed E-state index contributed by atoms with van der Waals surface area (Å²) in [5, 5.41) is 0. The van der Waals surface area contributed by atoms with E-state index in [1.807, 2.05) is 0 Å². The van der Waals surface area contributed by atoms with Crippen molar-refractivity contribution in [2.75, 3.05) is 21.3 Å². The van der Waals surface area contributed by atoms with Crippen LogP contribution in [-0.2, 0) is 11.3 Å². The molecule has 0 spiro atoms. The van der Waals surface area contributed by atoms with E-state index >= 15 is 0 Å². The molecule has 1 aromatic carbocycles. The first-order chi connectivity index (χ1) is 7.67. The van der Waals surface area contributed by atoms with Crippen LogP contribution in [0.4, 0.5) is 0 Å². The summed E-state index contributed by atoms with van der Waals surface area (Å²) >= 11 is 0. The molecule has 0 aliphatic heterocycles. The van der Waals surface area contributed by atoms with Crippen LogP contribution in [0.15, 0.2) is 12.1 Å². The summed E-state index contributed by atoms with van der Waals surface area (Å²) < 4.78 is 14.9. The smallest absolute Gasteiger partial charge is 0.337 e. The molecule has 0 radical (unpaired) electrons. The normalized spacial score (nSPS) is 9.75. The lowest BCUT2D eigenvalue weighted by Gasteiger charge is -2.13. The topological polar surface area (TPSA) is 70.8 Å². The zero-order chi connectivity index (χ0) is 12.1. The van der Waals surface area contributed by atoms with Crippen LogP contribution in [0.5, 0.6) is 11.5 Å². The molecule has 16 heavy (non-hydrogen) atoms. The fourth-order valence-electron chi connectivity index (χ4n) is 1.43. The quantitative estimate of drug-likeness (QED) is 0.772. The molecule has 0 aliphatic rings. The van der Waals surface area contributed by atoms with E-state index in [0.717, 1.165) is 0 Å². The Morgan fingerprint density at radius 3 is 2.38 bits per heavy atom. The molecule has 0 amide bonds. The number of hydrogen-bond acceptors (Lipinski definition) is 5. The van der Waals surface area contributed by atoms with Gasteiger partial charge in [0, 0.05) is 12.1 Å². The van der Waals surface area contributed by atoms with Gasteiger partial charge in [0.05, 0.1) is 26.9 Å². The summed E-state index contributed by atoms with van der Waals surface area (Å²) in [7, 11) is 4.34. The van der Waals surface area contributed by atoms with Crippen molar-refractivity contribution < 1.29 is 19.0 Å². The monoisotopic (exact) mass is 225 g/mol. The van der Waals surface area contributed by atoms with Crippen LogP contribution < -0.4 is 15.2 Å². The summed E-state index contributed by atoms with van der Waals surface area (Å²) in [6.45, 7) is 0.254. The van der Waals surface area contributed by atoms with E-state index in [2.05, 4.69) is 4.74 Å². The second-order valence-corrected chi connectivity index (χ2v) is 3.07. The van der Waals surface area contributed by atoms with Crippen LogP contribution in [-0.4, -0.2) is 27.3 Å².